The van der Waals surface area contributed by atoms with Crippen molar-refractivity contribution in [1.29, 1.82) is 5.26 Å². The summed E-state index contributed by atoms with van der Waals surface area (Å²) in [7, 11) is 0. The van der Waals surface area contributed by atoms with Gasteiger partial charge in [-0.05, 0) is 36.6 Å². The van der Waals surface area contributed by atoms with Gasteiger partial charge < -0.3 is 10.0 Å². The number of fused-ring (bicyclic) bond motifs is 1. The molecule has 0 aromatic heterocycles. The number of anilines is 1. The number of hydrogen-bond donors (Lipinski definition) is 1. The Kier molecular flexibility index (Phi) is 6.04. The summed E-state index contributed by atoms with van der Waals surface area (Å²) in [5, 5.41) is 19.5. The van der Waals surface area contributed by atoms with E-state index < -0.39 is 0 Å². The van der Waals surface area contributed by atoms with E-state index in [4.69, 9.17) is 5.11 Å². The lowest BCUT2D eigenvalue weighted by molar-refractivity contribution is -0.130. The molecule has 1 N–H and O–H groups in total. The number of carbonyl (C=O) groups is 1. The van der Waals surface area contributed by atoms with Gasteiger partial charge in [0.15, 0.2) is 0 Å². The van der Waals surface area contributed by atoms with E-state index >= 15 is 0 Å². The maximum atomic E-state index is 12.8. The smallest absolute Gasteiger partial charge is 0.229 e. The molecule has 2 heterocycles. The number of hydrogen-bond acceptors (Lipinski definition) is 5. The first-order chi connectivity index (χ1) is 13.1. The Morgan fingerprint density at radius 1 is 1.44 bits per heavy atom. The third kappa shape index (κ3) is 3.80. The number of nitrogens with zero attached hydrogens (tertiary/aromatic N) is 3. The molecule has 6 heteroatoms. The minimum Gasteiger partial charge on any atom is -0.396 e. The Morgan fingerprint density at radius 2 is 2.19 bits per heavy atom. The van der Waals surface area contributed by atoms with Crippen molar-refractivity contribution < 1.29 is 9.90 Å². The molecule has 140 valence electrons. The van der Waals surface area contributed by atoms with Crippen LogP contribution in [0.2, 0.25) is 0 Å². The van der Waals surface area contributed by atoms with Gasteiger partial charge in [0.2, 0.25) is 5.91 Å². The number of benzene rings is 1. The Hall–Kier alpha value is -2.49. The number of nitriles is 1. The molecule has 0 aliphatic carbocycles. The van der Waals surface area contributed by atoms with Crippen molar-refractivity contribution in [1.82, 2.24) is 4.90 Å². The topological polar surface area (TPSA) is 67.6 Å². The van der Waals surface area contributed by atoms with Crippen LogP contribution in [0, 0.1) is 17.2 Å². The molecular formula is C21H23N3O2S. The molecular weight excluding hydrogens is 358 g/mol. The van der Waals surface area contributed by atoms with Crippen LogP contribution < -0.4 is 4.90 Å². The van der Waals surface area contributed by atoms with Gasteiger partial charge in [0.05, 0.1) is 29.2 Å². The molecule has 1 fully saturated rings. The fraction of sp³-hybridized carbons (Fsp3) is 0.333. The highest BCUT2D eigenvalue weighted by Gasteiger charge is 2.38. The molecule has 1 amide bonds. The van der Waals surface area contributed by atoms with Gasteiger partial charge in [-0.25, -0.2) is 0 Å². The second-order valence-corrected chi connectivity index (χ2v) is 7.43. The van der Waals surface area contributed by atoms with Crippen molar-refractivity contribution in [3.8, 4) is 6.07 Å². The zero-order chi connectivity index (χ0) is 19.4. The highest BCUT2D eigenvalue weighted by Crippen LogP contribution is 2.41. The summed E-state index contributed by atoms with van der Waals surface area (Å²) in [6.45, 7) is 6.30. The fourth-order valence-electron chi connectivity index (χ4n) is 3.47. The van der Waals surface area contributed by atoms with Gasteiger partial charge >= 0.3 is 0 Å². The van der Waals surface area contributed by atoms with Crippen molar-refractivity contribution >= 4 is 23.4 Å². The average molecular weight is 382 g/mol. The van der Waals surface area contributed by atoms with E-state index in [1.165, 1.54) is 11.8 Å². The maximum Gasteiger partial charge on any atom is 0.229 e. The average Bonchev–Trinajstić information content (AvgIpc) is 2.70. The number of carbonyl (C=O) groups excluding carboxylic acids is 1. The molecule has 2 aliphatic heterocycles. The number of allylic oxidation sites excluding steroid dienone is 4. The molecule has 1 unspecified atom stereocenters. The molecule has 0 bridgehead atoms. The van der Waals surface area contributed by atoms with Gasteiger partial charge in [-0.1, -0.05) is 42.6 Å². The van der Waals surface area contributed by atoms with E-state index in [0.717, 1.165) is 21.9 Å². The second-order valence-electron chi connectivity index (χ2n) is 6.50. The lowest BCUT2D eigenvalue weighted by Gasteiger charge is -2.42. The summed E-state index contributed by atoms with van der Waals surface area (Å²) in [6, 6.07) is 10.4. The molecule has 0 saturated carbocycles. The molecule has 0 spiro atoms. The number of aliphatic hydroxyl groups is 1. The molecule has 1 saturated heterocycles. The van der Waals surface area contributed by atoms with Crippen molar-refractivity contribution in [2.45, 2.75) is 19.8 Å². The van der Waals surface area contributed by atoms with Crippen LogP contribution in [0.25, 0.3) is 0 Å². The van der Waals surface area contributed by atoms with Crippen molar-refractivity contribution in [3.63, 3.8) is 0 Å². The number of aliphatic hydroxyl groups excluding tert-OH is 1. The summed E-state index contributed by atoms with van der Waals surface area (Å²) >= 11 is 1.53. The van der Waals surface area contributed by atoms with E-state index in [1.807, 2.05) is 37.3 Å². The largest absolute Gasteiger partial charge is 0.396 e. The highest BCUT2D eigenvalue weighted by atomic mass is 32.2. The van der Waals surface area contributed by atoms with Gasteiger partial charge in [-0.15, -0.1) is 0 Å². The SMILES string of the molecule is C=C/C(=C\C)C1CC(=O)N2CN(c3ccc(CCO)cc3)CSC2=C1C#N. The third-order valence-electron chi connectivity index (χ3n) is 4.97. The summed E-state index contributed by atoms with van der Waals surface area (Å²) in [6.07, 6.45) is 4.59. The predicted molar refractivity (Wildman–Crippen MR) is 109 cm³/mol. The Bertz CT molecular complexity index is 836. The Morgan fingerprint density at radius 3 is 2.78 bits per heavy atom. The van der Waals surface area contributed by atoms with Gasteiger partial charge in [0, 0.05) is 24.6 Å². The van der Waals surface area contributed by atoms with Crippen LogP contribution in [0.5, 0.6) is 0 Å². The first-order valence-electron chi connectivity index (χ1n) is 8.93. The molecule has 1 aromatic carbocycles. The zero-order valence-corrected chi connectivity index (χ0v) is 16.2. The number of thioether (sulfide) groups is 1. The van der Waals surface area contributed by atoms with Crippen LogP contribution in [0.4, 0.5) is 5.69 Å². The van der Waals surface area contributed by atoms with Gasteiger partial charge in [0.1, 0.15) is 0 Å². The number of amides is 1. The minimum absolute atomic E-state index is 0.0318. The summed E-state index contributed by atoms with van der Waals surface area (Å²) in [4.78, 5) is 16.6. The van der Waals surface area contributed by atoms with E-state index in [0.29, 0.717) is 31.0 Å². The normalized spacial score (nSPS) is 20.4. The summed E-state index contributed by atoms with van der Waals surface area (Å²) in [5.74, 6) is 0.507. The van der Waals surface area contributed by atoms with Crippen LogP contribution in [0.1, 0.15) is 18.9 Å². The van der Waals surface area contributed by atoms with Crippen molar-refractivity contribution in [3.05, 3.63) is 64.7 Å². The van der Waals surface area contributed by atoms with Crippen LogP contribution in [0.15, 0.2) is 59.2 Å². The molecule has 1 atom stereocenters. The predicted octanol–water partition coefficient (Wildman–Crippen LogP) is 3.41. The summed E-state index contributed by atoms with van der Waals surface area (Å²) in [5.41, 5.74) is 3.69. The third-order valence-corrected chi connectivity index (χ3v) is 6.12. The number of rotatable bonds is 5. The first-order valence-corrected chi connectivity index (χ1v) is 9.92. The van der Waals surface area contributed by atoms with Crippen LogP contribution in [0.3, 0.4) is 0 Å². The van der Waals surface area contributed by atoms with Crippen LogP contribution in [-0.2, 0) is 11.2 Å². The van der Waals surface area contributed by atoms with E-state index in [9.17, 15) is 10.1 Å². The van der Waals surface area contributed by atoms with Gasteiger partial charge in [0.25, 0.3) is 0 Å². The first kappa shape index (κ1) is 19.3. The van der Waals surface area contributed by atoms with E-state index in [2.05, 4.69) is 17.5 Å². The Labute approximate surface area is 164 Å². The molecule has 3 rings (SSSR count). The highest BCUT2D eigenvalue weighted by molar-refractivity contribution is 8.03. The molecule has 5 nitrogen and oxygen atoms in total. The fourth-order valence-corrected chi connectivity index (χ4v) is 4.64. The standard InChI is InChI=1S/C21H23N3O2S/c1-3-16(4-2)18-11-20(26)24-13-23(14-27-21(24)19(18)12-22)17-7-5-15(6-8-17)9-10-25/h3-8,18,25H,1,9-11,13-14H2,2H3/b16-4+. The van der Waals surface area contributed by atoms with Gasteiger partial charge in [-0.2, -0.15) is 5.26 Å². The quantitative estimate of drug-likeness (QED) is 0.792. The molecule has 0 radical (unpaired) electrons. The van der Waals surface area contributed by atoms with Crippen LogP contribution in [-0.4, -0.2) is 35.1 Å². The zero-order valence-electron chi connectivity index (χ0n) is 15.4. The van der Waals surface area contributed by atoms with Crippen molar-refractivity contribution in [2.24, 2.45) is 5.92 Å². The molecule has 27 heavy (non-hydrogen) atoms. The molecule has 2 aliphatic rings. The monoisotopic (exact) mass is 381 g/mol. The van der Waals surface area contributed by atoms with Crippen LogP contribution >= 0.6 is 11.8 Å². The molecule has 1 aromatic rings. The second kappa shape index (κ2) is 8.47. The lowest BCUT2D eigenvalue weighted by Crippen LogP contribution is -2.47. The minimum atomic E-state index is -0.201. The Balaban J connectivity index is 1.86. The maximum absolute atomic E-state index is 12.8. The van der Waals surface area contributed by atoms with E-state index in [-0.39, 0.29) is 18.4 Å². The summed E-state index contributed by atoms with van der Waals surface area (Å²) < 4.78 is 0. The van der Waals surface area contributed by atoms with Gasteiger partial charge in [-0.3, -0.25) is 9.69 Å². The van der Waals surface area contributed by atoms with Crippen molar-refractivity contribution in [2.75, 3.05) is 24.1 Å². The lowest BCUT2D eigenvalue weighted by atomic mass is 9.86. The van der Waals surface area contributed by atoms with E-state index in [1.54, 1.807) is 11.0 Å².